The molecule has 0 aliphatic heterocycles. The monoisotopic (exact) mass is 285 g/mol. The van der Waals surface area contributed by atoms with E-state index >= 15 is 0 Å². The predicted octanol–water partition coefficient (Wildman–Crippen LogP) is -0.0653. The van der Waals surface area contributed by atoms with Gasteiger partial charge in [-0.2, -0.15) is 0 Å². The van der Waals surface area contributed by atoms with Gasteiger partial charge in [-0.15, -0.1) is 5.10 Å². The number of urea groups is 1. The first-order valence-corrected chi connectivity index (χ1v) is 6.29. The van der Waals surface area contributed by atoms with Gasteiger partial charge in [0.15, 0.2) is 0 Å². The number of aryl methyl sites for hydroxylation is 1. The molecule has 9 heteroatoms. The summed E-state index contributed by atoms with van der Waals surface area (Å²) < 4.78 is 12.2. The summed E-state index contributed by atoms with van der Waals surface area (Å²) in [5.74, 6) is -0.472. The lowest BCUT2D eigenvalue weighted by Crippen LogP contribution is -2.35. The van der Waals surface area contributed by atoms with Crippen LogP contribution in [-0.2, 0) is 20.8 Å². The molecule has 0 unspecified atom stereocenters. The standard InChI is InChI=1S/C11H19N5O4/c1-3-19-10(20-4-2)8-7-16(15-14-8)6-5-9(17)13-11(12)18/h7,10H,3-6H2,1-2H3,(H3,12,13,17,18). The number of nitrogens with two attached hydrogens (primary N) is 1. The third-order valence-electron chi connectivity index (χ3n) is 2.26. The van der Waals surface area contributed by atoms with E-state index in [2.05, 4.69) is 10.3 Å². The summed E-state index contributed by atoms with van der Waals surface area (Å²) in [4.78, 5) is 21.7. The first-order valence-electron chi connectivity index (χ1n) is 6.29. The molecule has 0 aromatic carbocycles. The van der Waals surface area contributed by atoms with Crippen LogP contribution < -0.4 is 11.1 Å². The summed E-state index contributed by atoms with van der Waals surface area (Å²) in [6.45, 7) is 4.95. The van der Waals surface area contributed by atoms with Crippen molar-refractivity contribution in [3.8, 4) is 0 Å². The highest BCUT2D eigenvalue weighted by atomic mass is 16.7. The largest absolute Gasteiger partial charge is 0.351 e. The zero-order chi connectivity index (χ0) is 15.0. The van der Waals surface area contributed by atoms with Gasteiger partial charge in [-0.05, 0) is 13.8 Å². The highest BCUT2D eigenvalue weighted by molar-refractivity contribution is 5.93. The molecule has 1 heterocycles. The maximum absolute atomic E-state index is 11.2. The van der Waals surface area contributed by atoms with Gasteiger partial charge >= 0.3 is 6.03 Å². The molecule has 1 aromatic rings. The molecule has 0 fully saturated rings. The fourth-order valence-electron chi connectivity index (χ4n) is 1.47. The Morgan fingerprint density at radius 2 is 2.05 bits per heavy atom. The number of ether oxygens (including phenoxy) is 2. The molecule has 3 N–H and O–H groups in total. The number of hydrogen-bond donors (Lipinski definition) is 2. The summed E-state index contributed by atoms with van der Waals surface area (Å²) in [5.41, 5.74) is 5.37. The van der Waals surface area contributed by atoms with Gasteiger partial charge < -0.3 is 15.2 Å². The maximum Gasteiger partial charge on any atom is 0.318 e. The second-order valence-corrected chi connectivity index (χ2v) is 3.81. The molecule has 0 bridgehead atoms. The number of hydrogen-bond acceptors (Lipinski definition) is 6. The number of nitrogens with zero attached hydrogens (tertiary/aromatic N) is 3. The minimum atomic E-state index is -0.873. The van der Waals surface area contributed by atoms with E-state index in [0.29, 0.717) is 18.9 Å². The fraction of sp³-hybridized carbons (Fsp3) is 0.636. The molecule has 1 rings (SSSR count). The lowest BCUT2D eigenvalue weighted by atomic mass is 10.4. The van der Waals surface area contributed by atoms with Crippen molar-refractivity contribution < 1.29 is 19.1 Å². The van der Waals surface area contributed by atoms with Crippen LogP contribution in [0.2, 0.25) is 0 Å². The number of amides is 3. The molecule has 112 valence electrons. The van der Waals surface area contributed by atoms with Crippen LogP contribution in [0.25, 0.3) is 0 Å². The SMILES string of the molecule is CCOC(OCC)c1cn(CCC(=O)NC(N)=O)nn1. The van der Waals surface area contributed by atoms with Gasteiger partial charge in [0.05, 0.1) is 12.7 Å². The van der Waals surface area contributed by atoms with E-state index in [0.717, 1.165) is 0 Å². The lowest BCUT2D eigenvalue weighted by molar-refractivity contribution is -0.142. The van der Waals surface area contributed by atoms with Crippen molar-refractivity contribution in [2.75, 3.05) is 13.2 Å². The van der Waals surface area contributed by atoms with Crippen molar-refractivity contribution in [2.45, 2.75) is 33.1 Å². The molecular formula is C11H19N5O4. The van der Waals surface area contributed by atoms with Gasteiger partial charge in [-0.3, -0.25) is 14.8 Å². The van der Waals surface area contributed by atoms with Crippen LogP contribution in [0.5, 0.6) is 0 Å². The molecule has 0 aliphatic rings. The zero-order valence-electron chi connectivity index (χ0n) is 11.5. The predicted molar refractivity (Wildman–Crippen MR) is 68.4 cm³/mol. The Balaban J connectivity index is 2.53. The Kier molecular flexibility index (Phi) is 6.60. The Morgan fingerprint density at radius 3 is 2.60 bits per heavy atom. The third kappa shape index (κ3) is 5.33. The number of aromatic nitrogens is 3. The highest BCUT2D eigenvalue weighted by Crippen LogP contribution is 2.15. The van der Waals surface area contributed by atoms with Crippen molar-refractivity contribution in [3.63, 3.8) is 0 Å². The van der Waals surface area contributed by atoms with E-state index in [-0.39, 0.29) is 13.0 Å². The minimum Gasteiger partial charge on any atom is -0.351 e. The second-order valence-electron chi connectivity index (χ2n) is 3.81. The average Bonchev–Trinajstić information content (AvgIpc) is 2.84. The fourth-order valence-corrected chi connectivity index (χ4v) is 1.47. The van der Waals surface area contributed by atoms with Crippen molar-refractivity contribution >= 4 is 11.9 Å². The summed E-state index contributed by atoms with van der Waals surface area (Å²) >= 11 is 0. The van der Waals surface area contributed by atoms with Crippen molar-refractivity contribution in [3.05, 3.63) is 11.9 Å². The Morgan fingerprint density at radius 1 is 1.40 bits per heavy atom. The Bertz CT molecular complexity index is 442. The van der Waals surface area contributed by atoms with E-state index in [1.54, 1.807) is 6.20 Å². The zero-order valence-corrected chi connectivity index (χ0v) is 11.5. The van der Waals surface area contributed by atoms with Crippen LogP contribution in [0.1, 0.15) is 32.3 Å². The molecule has 9 nitrogen and oxygen atoms in total. The summed E-state index contributed by atoms with van der Waals surface area (Å²) in [5, 5.41) is 9.77. The van der Waals surface area contributed by atoms with Gasteiger partial charge in [0.25, 0.3) is 0 Å². The lowest BCUT2D eigenvalue weighted by Gasteiger charge is -2.13. The van der Waals surface area contributed by atoms with Crippen LogP contribution >= 0.6 is 0 Å². The quantitative estimate of drug-likeness (QED) is 0.645. The molecule has 0 saturated heterocycles. The summed E-state index contributed by atoms with van der Waals surface area (Å²) in [7, 11) is 0. The van der Waals surface area contributed by atoms with E-state index in [1.165, 1.54) is 4.68 Å². The van der Waals surface area contributed by atoms with E-state index in [1.807, 2.05) is 19.2 Å². The van der Waals surface area contributed by atoms with Gasteiger partial charge in [-0.25, -0.2) is 4.79 Å². The highest BCUT2D eigenvalue weighted by Gasteiger charge is 2.16. The first-order chi connectivity index (χ1) is 9.56. The number of rotatable bonds is 8. The van der Waals surface area contributed by atoms with Crippen LogP contribution in [-0.4, -0.2) is 40.1 Å². The van der Waals surface area contributed by atoms with E-state index in [9.17, 15) is 9.59 Å². The van der Waals surface area contributed by atoms with Gasteiger partial charge in [0.2, 0.25) is 12.2 Å². The summed E-state index contributed by atoms with van der Waals surface area (Å²) in [6.07, 6.45) is 1.13. The molecular weight excluding hydrogens is 266 g/mol. The van der Waals surface area contributed by atoms with Crippen LogP contribution in [0.15, 0.2) is 6.20 Å². The number of primary amides is 1. The number of nitrogens with one attached hydrogen (secondary N) is 1. The molecule has 0 saturated carbocycles. The van der Waals surface area contributed by atoms with Crippen molar-refractivity contribution in [1.82, 2.24) is 20.3 Å². The minimum absolute atomic E-state index is 0.0691. The van der Waals surface area contributed by atoms with Crippen molar-refractivity contribution in [1.29, 1.82) is 0 Å². The van der Waals surface area contributed by atoms with Gasteiger partial charge in [0.1, 0.15) is 5.69 Å². The first kappa shape index (κ1) is 16.1. The van der Waals surface area contributed by atoms with E-state index in [4.69, 9.17) is 15.2 Å². The molecule has 3 amide bonds. The normalized spacial score (nSPS) is 10.8. The average molecular weight is 285 g/mol. The maximum atomic E-state index is 11.2. The molecule has 0 radical (unpaired) electrons. The Labute approximate surface area is 116 Å². The van der Waals surface area contributed by atoms with E-state index < -0.39 is 18.2 Å². The summed E-state index contributed by atoms with van der Waals surface area (Å²) in [6, 6.07) is -0.873. The number of imide groups is 1. The van der Waals surface area contributed by atoms with Crippen LogP contribution in [0.4, 0.5) is 4.79 Å². The molecule has 0 spiro atoms. The second kappa shape index (κ2) is 8.23. The molecule has 0 atom stereocenters. The molecule has 20 heavy (non-hydrogen) atoms. The van der Waals surface area contributed by atoms with Gasteiger partial charge in [-0.1, -0.05) is 5.21 Å². The van der Waals surface area contributed by atoms with Crippen molar-refractivity contribution in [2.24, 2.45) is 5.73 Å². The Hall–Kier alpha value is -2.00. The van der Waals surface area contributed by atoms with Crippen LogP contribution in [0, 0.1) is 0 Å². The van der Waals surface area contributed by atoms with Crippen LogP contribution in [0.3, 0.4) is 0 Å². The molecule has 1 aromatic heterocycles. The topological polar surface area (TPSA) is 121 Å². The molecule has 0 aliphatic carbocycles. The third-order valence-corrected chi connectivity index (χ3v) is 2.26. The van der Waals surface area contributed by atoms with Gasteiger partial charge in [0, 0.05) is 19.6 Å². The number of carbonyl (C=O) groups is 2. The number of carbonyl (C=O) groups excluding carboxylic acids is 2. The smallest absolute Gasteiger partial charge is 0.318 e.